The lowest BCUT2D eigenvalue weighted by Crippen LogP contribution is -2.52. The van der Waals surface area contributed by atoms with Crippen molar-refractivity contribution in [2.75, 3.05) is 25.6 Å². The van der Waals surface area contributed by atoms with Crippen LogP contribution in [0.5, 0.6) is 5.75 Å². The number of benzene rings is 4. The van der Waals surface area contributed by atoms with Crippen molar-refractivity contribution in [1.82, 2.24) is 10.2 Å². The third-order valence-corrected chi connectivity index (χ3v) is 6.95. The summed E-state index contributed by atoms with van der Waals surface area (Å²) in [7, 11) is 3.15. The van der Waals surface area contributed by atoms with Crippen molar-refractivity contribution in [1.29, 1.82) is 0 Å². The predicted octanol–water partition coefficient (Wildman–Crippen LogP) is 4.19. The van der Waals surface area contributed by atoms with E-state index in [1.807, 2.05) is 84.9 Å². The predicted molar refractivity (Wildman–Crippen MR) is 147 cm³/mol. The summed E-state index contributed by atoms with van der Waals surface area (Å²) in [6, 6.07) is 27.5. The summed E-state index contributed by atoms with van der Waals surface area (Å²) in [6.07, 6.45) is 0.333. The molecule has 1 unspecified atom stereocenters. The van der Waals surface area contributed by atoms with E-state index in [4.69, 9.17) is 4.74 Å². The zero-order chi connectivity index (χ0) is 26.6. The molecule has 4 aromatic rings. The molecule has 192 valence electrons. The van der Waals surface area contributed by atoms with E-state index in [0.29, 0.717) is 23.4 Å². The molecule has 7 heteroatoms. The summed E-state index contributed by atoms with van der Waals surface area (Å²) < 4.78 is 5.38. The van der Waals surface area contributed by atoms with Crippen LogP contribution in [-0.2, 0) is 22.6 Å². The number of nitrogens with zero attached hydrogens (tertiary/aromatic N) is 2. The highest BCUT2D eigenvalue weighted by Gasteiger charge is 2.35. The number of hydrogen-bond acceptors (Lipinski definition) is 4. The summed E-state index contributed by atoms with van der Waals surface area (Å²) in [5.41, 5.74) is 3.03. The van der Waals surface area contributed by atoms with Crippen molar-refractivity contribution in [3.8, 4) is 5.75 Å². The second kappa shape index (κ2) is 10.8. The third kappa shape index (κ3) is 4.83. The summed E-state index contributed by atoms with van der Waals surface area (Å²) in [5, 5.41) is 4.52. The maximum Gasteiger partial charge on any atom is 0.259 e. The van der Waals surface area contributed by atoms with Gasteiger partial charge in [0.25, 0.3) is 5.91 Å². The molecule has 1 atom stereocenters. The molecule has 0 saturated heterocycles. The molecule has 0 radical (unpaired) electrons. The maximum atomic E-state index is 14.0. The van der Waals surface area contributed by atoms with E-state index in [9.17, 15) is 14.4 Å². The second-order valence-electron chi connectivity index (χ2n) is 9.27. The first-order valence-corrected chi connectivity index (χ1v) is 12.5. The van der Waals surface area contributed by atoms with Crippen LogP contribution in [0, 0.1) is 0 Å². The van der Waals surface area contributed by atoms with Crippen molar-refractivity contribution < 1.29 is 19.1 Å². The molecule has 0 aliphatic carbocycles. The number of carbonyl (C=O) groups is 3. The van der Waals surface area contributed by atoms with Crippen molar-refractivity contribution in [2.24, 2.45) is 0 Å². The van der Waals surface area contributed by atoms with Crippen LogP contribution in [0.4, 0.5) is 5.69 Å². The molecule has 5 rings (SSSR count). The van der Waals surface area contributed by atoms with Crippen molar-refractivity contribution in [2.45, 2.75) is 19.0 Å². The zero-order valence-corrected chi connectivity index (χ0v) is 21.4. The molecule has 0 aromatic heterocycles. The number of anilines is 1. The molecule has 1 N–H and O–H groups in total. The molecule has 3 amide bonds. The SMILES string of the molecule is CNC(=O)C(Cc1ccccc1)N(Cc1cccc(OC)c1)C(=O)CN1C(=O)c2cccc3cccc1c23. The average Bonchev–Trinajstić information content (AvgIpc) is 3.23. The van der Waals surface area contributed by atoms with E-state index in [2.05, 4.69) is 5.32 Å². The topological polar surface area (TPSA) is 79.0 Å². The Morgan fingerprint density at radius 1 is 0.921 bits per heavy atom. The lowest BCUT2D eigenvalue weighted by molar-refractivity contribution is -0.140. The maximum absolute atomic E-state index is 14.0. The van der Waals surface area contributed by atoms with Gasteiger partial charge < -0.3 is 15.0 Å². The zero-order valence-electron chi connectivity index (χ0n) is 21.4. The molecule has 0 fully saturated rings. The minimum Gasteiger partial charge on any atom is -0.497 e. The van der Waals surface area contributed by atoms with Gasteiger partial charge in [0.05, 0.1) is 12.8 Å². The van der Waals surface area contributed by atoms with E-state index in [1.165, 1.54) is 4.90 Å². The van der Waals surface area contributed by atoms with Crippen LogP contribution >= 0.6 is 0 Å². The standard InChI is InChI=1S/C31H29N3O4/c1-32-30(36)27(18-21-9-4-3-5-10-21)33(19-22-11-6-14-24(17-22)38-2)28(35)20-34-26-16-8-13-23-12-7-15-25(29(23)26)31(34)37/h3-17,27H,18-20H2,1-2H3,(H,32,36). The smallest absolute Gasteiger partial charge is 0.259 e. The highest BCUT2D eigenvalue weighted by Crippen LogP contribution is 2.37. The number of rotatable bonds is 9. The van der Waals surface area contributed by atoms with Gasteiger partial charge in [-0.05, 0) is 40.8 Å². The first kappa shape index (κ1) is 25.0. The Hall–Kier alpha value is -4.65. The lowest BCUT2D eigenvalue weighted by Gasteiger charge is -2.32. The van der Waals surface area contributed by atoms with Crippen LogP contribution in [0.3, 0.4) is 0 Å². The van der Waals surface area contributed by atoms with Gasteiger partial charge in [-0.2, -0.15) is 0 Å². The summed E-state index contributed by atoms with van der Waals surface area (Å²) in [5.74, 6) is -0.156. The Morgan fingerprint density at radius 2 is 1.63 bits per heavy atom. The minimum atomic E-state index is -0.781. The Kier molecular flexibility index (Phi) is 7.09. The number of nitrogens with one attached hydrogen (secondary N) is 1. The lowest BCUT2D eigenvalue weighted by atomic mass is 10.0. The number of likely N-dealkylation sites (N-methyl/N-ethyl adjacent to an activating group) is 1. The van der Waals surface area contributed by atoms with E-state index in [-0.39, 0.29) is 30.8 Å². The van der Waals surface area contributed by atoms with Gasteiger partial charge in [0.15, 0.2) is 0 Å². The van der Waals surface area contributed by atoms with E-state index in [0.717, 1.165) is 21.9 Å². The number of ether oxygens (including phenoxy) is 1. The Balaban J connectivity index is 1.50. The van der Waals surface area contributed by atoms with Gasteiger partial charge in [0, 0.05) is 31.0 Å². The molecule has 0 spiro atoms. The number of methoxy groups -OCH3 is 1. The van der Waals surface area contributed by atoms with Gasteiger partial charge in [-0.25, -0.2) is 0 Å². The molecule has 1 heterocycles. The Morgan fingerprint density at radius 3 is 2.37 bits per heavy atom. The van der Waals surface area contributed by atoms with Gasteiger partial charge in [-0.3, -0.25) is 19.3 Å². The molecular weight excluding hydrogens is 478 g/mol. The minimum absolute atomic E-state index is 0.181. The van der Waals surface area contributed by atoms with Gasteiger partial charge in [-0.1, -0.05) is 66.7 Å². The fraction of sp³-hybridized carbons (Fsp3) is 0.194. The quantitative estimate of drug-likeness (QED) is 0.368. The molecule has 1 aliphatic rings. The van der Waals surface area contributed by atoms with Crippen molar-refractivity contribution in [3.05, 3.63) is 108 Å². The molecular formula is C31H29N3O4. The fourth-order valence-corrected chi connectivity index (χ4v) is 5.05. The van der Waals surface area contributed by atoms with Crippen LogP contribution in [0.1, 0.15) is 21.5 Å². The van der Waals surface area contributed by atoms with Crippen LogP contribution in [0.15, 0.2) is 91.0 Å². The molecule has 38 heavy (non-hydrogen) atoms. The first-order chi connectivity index (χ1) is 18.5. The number of amides is 3. The fourth-order valence-electron chi connectivity index (χ4n) is 5.05. The molecule has 0 saturated carbocycles. The summed E-state index contributed by atoms with van der Waals surface area (Å²) >= 11 is 0. The Labute approximate surface area is 221 Å². The summed E-state index contributed by atoms with van der Waals surface area (Å²) in [6.45, 7) is -0.000980. The normalized spacial score (nSPS) is 12.9. The van der Waals surface area contributed by atoms with E-state index in [1.54, 1.807) is 25.1 Å². The summed E-state index contributed by atoms with van der Waals surface area (Å²) in [4.78, 5) is 43.7. The number of hydrogen-bond donors (Lipinski definition) is 1. The highest BCUT2D eigenvalue weighted by atomic mass is 16.5. The molecule has 4 aromatic carbocycles. The van der Waals surface area contributed by atoms with Crippen LogP contribution < -0.4 is 15.0 Å². The average molecular weight is 508 g/mol. The molecule has 7 nitrogen and oxygen atoms in total. The van der Waals surface area contributed by atoms with Gasteiger partial charge in [0.2, 0.25) is 11.8 Å². The van der Waals surface area contributed by atoms with Gasteiger partial charge >= 0.3 is 0 Å². The van der Waals surface area contributed by atoms with Crippen LogP contribution in [0.2, 0.25) is 0 Å². The highest BCUT2D eigenvalue weighted by molar-refractivity contribution is 6.26. The molecule has 1 aliphatic heterocycles. The Bertz CT molecular complexity index is 1500. The van der Waals surface area contributed by atoms with Crippen molar-refractivity contribution >= 4 is 34.2 Å². The van der Waals surface area contributed by atoms with Gasteiger partial charge in [-0.15, -0.1) is 0 Å². The monoisotopic (exact) mass is 507 g/mol. The third-order valence-electron chi connectivity index (χ3n) is 6.95. The molecule has 0 bridgehead atoms. The van der Waals surface area contributed by atoms with Crippen molar-refractivity contribution in [3.63, 3.8) is 0 Å². The van der Waals surface area contributed by atoms with E-state index >= 15 is 0 Å². The number of carbonyl (C=O) groups excluding carboxylic acids is 3. The van der Waals surface area contributed by atoms with E-state index < -0.39 is 6.04 Å². The van der Waals surface area contributed by atoms with Gasteiger partial charge in [0.1, 0.15) is 18.3 Å². The van der Waals surface area contributed by atoms with Crippen LogP contribution in [-0.4, -0.2) is 49.4 Å². The largest absolute Gasteiger partial charge is 0.497 e. The second-order valence-corrected chi connectivity index (χ2v) is 9.27. The van der Waals surface area contributed by atoms with Crippen LogP contribution in [0.25, 0.3) is 10.8 Å². The first-order valence-electron chi connectivity index (χ1n) is 12.5.